The lowest BCUT2D eigenvalue weighted by Gasteiger charge is -2.38. The highest BCUT2D eigenvalue weighted by Crippen LogP contribution is 2.34. The number of ether oxygens (including phenoxy) is 1. The second-order valence-electron chi connectivity index (χ2n) is 8.32. The van der Waals surface area contributed by atoms with Gasteiger partial charge in [0.15, 0.2) is 5.78 Å². The summed E-state index contributed by atoms with van der Waals surface area (Å²) in [5.41, 5.74) is 1.67. The number of thioether (sulfide) groups is 1. The van der Waals surface area contributed by atoms with E-state index in [2.05, 4.69) is 5.32 Å². The van der Waals surface area contributed by atoms with Gasteiger partial charge in [-0.05, 0) is 43.9 Å². The van der Waals surface area contributed by atoms with Crippen molar-refractivity contribution in [1.82, 2.24) is 10.2 Å². The molecule has 1 aromatic rings. The van der Waals surface area contributed by atoms with Crippen molar-refractivity contribution in [3.8, 4) is 5.75 Å². The fourth-order valence-electron chi connectivity index (χ4n) is 4.58. The number of Topliss-reactive ketones (excluding diaryl/α,β-unsaturated/α-hetero) is 1. The van der Waals surface area contributed by atoms with E-state index in [-0.39, 0.29) is 47.6 Å². The summed E-state index contributed by atoms with van der Waals surface area (Å²) in [6.45, 7) is 2.81. The van der Waals surface area contributed by atoms with Crippen LogP contribution in [0.1, 0.15) is 31.2 Å². The fraction of sp³-hybridized carbons (Fsp3) is 0.545. The van der Waals surface area contributed by atoms with Gasteiger partial charge in [-0.15, -0.1) is 0 Å². The molecule has 1 aromatic carbocycles. The van der Waals surface area contributed by atoms with Gasteiger partial charge < -0.3 is 15.0 Å². The summed E-state index contributed by atoms with van der Waals surface area (Å²) >= 11 is 1.05. The van der Waals surface area contributed by atoms with Crippen molar-refractivity contribution >= 4 is 40.2 Å². The number of anilines is 1. The first-order valence-electron chi connectivity index (χ1n) is 10.6. The maximum atomic E-state index is 13.1. The molecule has 9 heteroatoms. The van der Waals surface area contributed by atoms with E-state index in [1.54, 1.807) is 12.0 Å². The van der Waals surface area contributed by atoms with Crippen LogP contribution in [-0.2, 0) is 19.2 Å². The van der Waals surface area contributed by atoms with Crippen LogP contribution in [0.2, 0.25) is 0 Å². The summed E-state index contributed by atoms with van der Waals surface area (Å²) in [6, 6.07) is 4.84. The number of benzene rings is 1. The molecule has 3 fully saturated rings. The van der Waals surface area contributed by atoms with Crippen LogP contribution in [-0.4, -0.2) is 65.8 Å². The summed E-state index contributed by atoms with van der Waals surface area (Å²) in [5, 5.41) is 2.89. The Bertz CT molecular complexity index is 904. The summed E-state index contributed by atoms with van der Waals surface area (Å²) in [5.74, 6) is -0.137. The van der Waals surface area contributed by atoms with Gasteiger partial charge in [0.1, 0.15) is 11.8 Å². The number of aryl methyl sites for hydroxylation is 1. The highest BCUT2D eigenvalue weighted by atomic mass is 32.2. The van der Waals surface area contributed by atoms with E-state index in [0.29, 0.717) is 24.4 Å². The number of methoxy groups -OCH3 is 1. The first kappa shape index (κ1) is 21.8. The summed E-state index contributed by atoms with van der Waals surface area (Å²) in [4.78, 5) is 53.7. The van der Waals surface area contributed by atoms with E-state index in [1.165, 1.54) is 0 Å². The number of nitrogens with one attached hydrogen (secondary N) is 1. The number of carbonyl (C=O) groups is 4. The quantitative estimate of drug-likeness (QED) is 0.686. The molecule has 0 saturated carbocycles. The van der Waals surface area contributed by atoms with E-state index in [1.807, 2.05) is 30.0 Å². The molecule has 0 spiro atoms. The zero-order valence-corrected chi connectivity index (χ0v) is 18.6. The average molecular weight is 446 g/mol. The molecule has 3 unspecified atom stereocenters. The fourth-order valence-corrected chi connectivity index (χ4v) is 5.45. The first-order chi connectivity index (χ1) is 14.9. The number of nitrogens with zero attached hydrogens (tertiary/aromatic N) is 2. The highest BCUT2D eigenvalue weighted by Gasteiger charge is 2.44. The SMILES string of the molecule is COc1ccc(C)cc1N1CC(C(=O)NC2CCCCN2C2C(=O)CSC2=O)CC1=O. The lowest BCUT2D eigenvalue weighted by atomic mass is 10.0. The topological polar surface area (TPSA) is 96.0 Å². The van der Waals surface area contributed by atoms with Crippen molar-refractivity contribution in [2.24, 2.45) is 5.92 Å². The van der Waals surface area contributed by atoms with E-state index in [0.717, 1.165) is 30.2 Å². The smallest absolute Gasteiger partial charge is 0.227 e. The van der Waals surface area contributed by atoms with Crippen LogP contribution >= 0.6 is 11.8 Å². The Balaban J connectivity index is 1.46. The van der Waals surface area contributed by atoms with Gasteiger partial charge in [-0.25, -0.2) is 0 Å². The predicted molar refractivity (Wildman–Crippen MR) is 117 cm³/mol. The second-order valence-corrected chi connectivity index (χ2v) is 9.29. The molecule has 4 rings (SSSR count). The predicted octanol–water partition coefficient (Wildman–Crippen LogP) is 1.50. The van der Waals surface area contributed by atoms with E-state index in [9.17, 15) is 19.2 Å². The van der Waals surface area contributed by atoms with Crippen molar-refractivity contribution in [2.75, 3.05) is 30.9 Å². The van der Waals surface area contributed by atoms with Crippen molar-refractivity contribution in [2.45, 2.75) is 44.8 Å². The minimum Gasteiger partial charge on any atom is -0.495 e. The third-order valence-corrected chi connectivity index (χ3v) is 7.13. The number of amides is 2. The summed E-state index contributed by atoms with van der Waals surface area (Å²) in [6.07, 6.45) is 2.24. The number of rotatable bonds is 5. The molecule has 3 saturated heterocycles. The van der Waals surface area contributed by atoms with Crippen molar-refractivity contribution in [1.29, 1.82) is 0 Å². The van der Waals surface area contributed by atoms with Crippen LogP contribution < -0.4 is 15.0 Å². The van der Waals surface area contributed by atoms with Gasteiger partial charge in [0.05, 0.1) is 30.6 Å². The minimum atomic E-state index is -0.770. The molecule has 0 aromatic heterocycles. The molecule has 31 heavy (non-hydrogen) atoms. The van der Waals surface area contributed by atoms with Crippen molar-refractivity contribution in [3.05, 3.63) is 23.8 Å². The van der Waals surface area contributed by atoms with E-state index < -0.39 is 12.0 Å². The zero-order chi connectivity index (χ0) is 22.1. The van der Waals surface area contributed by atoms with Crippen molar-refractivity contribution < 1.29 is 23.9 Å². The van der Waals surface area contributed by atoms with Crippen LogP contribution in [0.4, 0.5) is 5.69 Å². The molecule has 166 valence electrons. The number of hydrogen-bond acceptors (Lipinski definition) is 7. The molecular weight excluding hydrogens is 418 g/mol. The maximum absolute atomic E-state index is 13.1. The Morgan fingerprint density at radius 2 is 2.03 bits per heavy atom. The lowest BCUT2D eigenvalue weighted by molar-refractivity contribution is -0.134. The molecule has 3 aliphatic heterocycles. The van der Waals surface area contributed by atoms with Gasteiger partial charge in [-0.2, -0.15) is 0 Å². The number of carbonyl (C=O) groups excluding carboxylic acids is 4. The number of likely N-dealkylation sites (tertiary alicyclic amines) is 1. The first-order valence-corrected chi connectivity index (χ1v) is 11.6. The zero-order valence-electron chi connectivity index (χ0n) is 17.8. The summed E-state index contributed by atoms with van der Waals surface area (Å²) < 4.78 is 5.40. The second kappa shape index (κ2) is 9.00. The van der Waals surface area contributed by atoms with Gasteiger partial charge in [-0.3, -0.25) is 24.1 Å². The van der Waals surface area contributed by atoms with Gasteiger partial charge in [0.25, 0.3) is 0 Å². The number of hydrogen-bond donors (Lipinski definition) is 1. The van der Waals surface area contributed by atoms with Crippen LogP contribution in [0.3, 0.4) is 0 Å². The Labute approximate surface area is 185 Å². The van der Waals surface area contributed by atoms with E-state index >= 15 is 0 Å². The monoisotopic (exact) mass is 445 g/mol. The van der Waals surface area contributed by atoms with Gasteiger partial charge in [0, 0.05) is 19.5 Å². The van der Waals surface area contributed by atoms with Gasteiger partial charge in [-0.1, -0.05) is 17.8 Å². The lowest BCUT2D eigenvalue weighted by Crippen LogP contribution is -2.58. The van der Waals surface area contributed by atoms with Crippen LogP contribution in [0.15, 0.2) is 18.2 Å². The van der Waals surface area contributed by atoms with Crippen LogP contribution in [0, 0.1) is 12.8 Å². The molecule has 1 N–H and O–H groups in total. The Hall–Kier alpha value is -2.39. The van der Waals surface area contributed by atoms with E-state index in [4.69, 9.17) is 4.74 Å². The Kier molecular flexibility index (Phi) is 6.34. The van der Waals surface area contributed by atoms with Crippen LogP contribution in [0.25, 0.3) is 0 Å². The van der Waals surface area contributed by atoms with Crippen LogP contribution in [0.5, 0.6) is 5.75 Å². The molecule has 0 radical (unpaired) electrons. The standard InChI is InChI=1S/C22H27N3O5S/c1-13-6-7-17(30-2)15(9-13)25-11-14(10-19(25)27)21(28)23-18-5-3-4-8-24(18)20-16(26)12-31-22(20)29/h6-7,9,14,18,20H,3-5,8,10-12H2,1-2H3,(H,23,28). The highest BCUT2D eigenvalue weighted by molar-refractivity contribution is 8.15. The molecule has 0 aliphatic carbocycles. The molecular formula is C22H27N3O5S. The Morgan fingerprint density at radius 3 is 2.74 bits per heavy atom. The molecule has 2 amide bonds. The number of piperidine rings is 1. The normalized spacial score (nSPS) is 27.1. The van der Waals surface area contributed by atoms with Gasteiger partial charge in [0.2, 0.25) is 16.9 Å². The Morgan fingerprint density at radius 1 is 1.23 bits per heavy atom. The van der Waals surface area contributed by atoms with Crippen molar-refractivity contribution in [3.63, 3.8) is 0 Å². The van der Waals surface area contributed by atoms with Gasteiger partial charge >= 0.3 is 0 Å². The molecule has 3 atom stereocenters. The molecule has 3 aliphatic rings. The third-order valence-electron chi connectivity index (χ3n) is 6.19. The maximum Gasteiger partial charge on any atom is 0.227 e. The third kappa shape index (κ3) is 4.34. The largest absolute Gasteiger partial charge is 0.495 e. The number of ketones is 1. The molecule has 3 heterocycles. The molecule has 8 nitrogen and oxygen atoms in total. The average Bonchev–Trinajstić information content (AvgIpc) is 3.30. The minimum absolute atomic E-state index is 0.0927. The molecule has 0 bridgehead atoms. The summed E-state index contributed by atoms with van der Waals surface area (Å²) in [7, 11) is 1.56.